The number of carbonyl (C=O) groups excluding carboxylic acids is 1. The summed E-state index contributed by atoms with van der Waals surface area (Å²) in [5.41, 5.74) is 0.687. The fourth-order valence-electron chi connectivity index (χ4n) is 5.13. The van der Waals surface area contributed by atoms with Crippen molar-refractivity contribution in [3.8, 4) is 11.6 Å². The van der Waals surface area contributed by atoms with Crippen molar-refractivity contribution in [1.82, 2.24) is 24.7 Å². The Hall–Kier alpha value is -4.42. The van der Waals surface area contributed by atoms with Crippen LogP contribution in [0.15, 0.2) is 35.6 Å². The maximum absolute atomic E-state index is 14.6. The van der Waals surface area contributed by atoms with E-state index in [0.717, 1.165) is 12.3 Å². The molecule has 1 saturated heterocycles. The Morgan fingerprint density at radius 1 is 1.07 bits per heavy atom. The number of carboxylic acids is 1. The van der Waals surface area contributed by atoms with Gasteiger partial charge in [0.15, 0.2) is 17.4 Å². The summed E-state index contributed by atoms with van der Waals surface area (Å²) in [7, 11) is 0. The van der Waals surface area contributed by atoms with Gasteiger partial charge in [0.2, 0.25) is 0 Å². The number of hydrazone groups is 1. The van der Waals surface area contributed by atoms with Crippen molar-refractivity contribution in [1.29, 1.82) is 0 Å². The number of carbonyl (C=O) groups is 2. The number of halogens is 3. The highest BCUT2D eigenvalue weighted by atomic mass is 19.1. The molecule has 2 aliphatic heterocycles. The fourth-order valence-corrected chi connectivity index (χ4v) is 5.13. The first kappa shape index (κ1) is 27.2. The number of pyridine rings is 1. The third-order valence-electron chi connectivity index (χ3n) is 7.18. The lowest BCUT2D eigenvalue weighted by molar-refractivity contribution is -0.142. The van der Waals surface area contributed by atoms with Crippen LogP contribution in [0, 0.1) is 31.3 Å². The molecule has 0 saturated carbocycles. The molecule has 5 rings (SSSR count). The third kappa shape index (κ3) is 4.75. The second kappa shape index (κ2) is 9.96. The second-order valence-corrected chi connectivity index (χ2v) is 10.4. The number of urea groups is 1. The average Bonchev–Trinajstić information content (AvgIpc) is 3.45. The van der Waals surface area contributed by atoms with E-state index < -0.39 is 47.0 Å². The van der Waals surface area contributed by atoms with Gasteiger partial charge in [-0.05, 0) is 45.4 Å². The number of ether oxygens (including phenoxy) is 1. The minimum absolute atomic E-state index is 0.0963. The van der Waals surface area contributed by atoms with E-state index in [1.807, 2.05) is 0 Å². The Balaban J connectivity index is 1.28. The maximum Gasteiger partial charge on any atom is 0.341 e. The summed E-state index contributed by atoms with van der Waals surface area (Å²) in [4.78, 5) is 30.4. The molecule has 1 atom stereocenters. The van der Waals surface area contributed by atoms with Crippen LogP contribution in [-0.2, 0) is 10.2 Å². The molecule has 0 unspecified atom stereocenters. The van der Waals surface area contributed by atoms with Gasteiger partial charge in [-0.3, -0.25) is 4.79 Å². The molecule has 3 aromatic rings. The zero-order valence-corrected chi connectivity index (χ0v) is 22.2. The molecule has 1 fully saturated rings. The second-order valence-electron chi connectivity index (χ2n) is 10.4. The molecule has 2 aromatic heterocycles. The monoisotopic (exact) mass is 556 g/mol. The summed E-state index contributed by atoms with van der Waals surface area (Å²) in [6.07, 6.45) is 2.29. The van der Waals surface area contributed by atoms with Crippen molar-refractivity contribution in [3.05, 3.63) is 70.4 Å². The van der Waals surface area contributed by atoms with Gasteiger partial charge < -0.3 is 14.7 Å². The topological polar surface area (TPSA) is 113 Å². The first-order chi connectivity index (χ1) is 18.9. The third-order valence-corrected chi connectivity index (χ3v) is 7.18. The van der Waals surface area contributed by atoms with Gasteiger partial charge in [-0.1, -0.05) is 0 Å². The number of carboxylic acid groups (broad SMARTS) is 1. The molecule has 2 aliphatic rings. The minimum Gasteiger partial charge on any atom is -0.483 e. The van der Waals surface area contributed by atoms with Gasteiger partial charge in [0.25, 0.3) is 0 Å². The molecule has 0 radical (unpaired) electrons. The molecule has 13 heteroatoms. The number of aliphatic carboxylic acids is 1. The van der Waals surface area contributed by atoms with Crippen LogP contribution in [0.25, 0.3) is 5.82 Å². The van der Waals surface area contributed by atoms with E-state index in [1.165, 1.54) is 39.0 Å². The number of likely N-dealkylation sites (tertiary alicyclic amines) is 1. The van der Waals surface area contributed by atoms with E-state index in [9.17, 15) is 27.9 Å². The van der Waals surface area contributed by atoms with Crippen LogP contribution < -0.4 is 4.74 Å². The number of hydrogen-bond acceptors (Lipinski definition) is 6. The summed E-state index contributed by atoms with van der Waals surface area (Å²) in [6.45, 7) is 6.86. The molecule has 0 spiro atoms. The van der Waals surface area contributed by atoms with Crippen LogP contribution >= 0.6 is 0 Å². The molecular weight excluding hydrogens is 529 g/mol. The molecule has 0 aliphatic carbocycles. The Kier molecular flexibility index (Phi) is 6.76. The predicted octanol–water partition coefficient (Wildman–Crippen LogP) is 4.28. The standard InChI is InChI=1S/C27H27F3N6O4/c1-14-24(27(3,4)25(37)38)15(2)35(33-14)23-10-22(20(30)11-31-23)40-19-12-34(13-19)26(39)36-21(5-6-32-36)16-7-17(28)9-18(29)8-16/h6-11,19,21H,5,12-13H2,1-4H3,(H,37,38)/t21-/m0/s1. The highest BCUT2D eigenvalue weighted by Gasteiger charge is 2.40. The SMILES string of the molecule is Cc1nn(-c2cc(OC3CN(C(=O)N4N=CC[C@H]4c4cc(F)cc(F)c4)C3)c(F)cn2)c(C)c1C(C)(C)C(=O)O. The minimum atomic E-state index is -1.20. The number of benzene rings is 1. The van der Waals surface area contributed by atoms with Gasteiger partial charge in [0.1, 0.15) is 17.7 Å². The molecule has 4 heterocycles. The Morgan fingerprint density at radius 2 is 1.75 bits per heavy atom. The van der Waals surface area contributed by atoms with E-state index in [-0.39, 0.29) is 24.7 Å². The highest BCUT2D eigenvalue weighted by molar-refractivity contribution is 5.81. The van der Waals surface area contributed by atoms with Crippen molar-refractivity contribution in [2.24, 2.45) is 5.10 Å². The summed E-state index contributed by atoms with van der Waals surface area (Å²) < 4.78 is 49.3. The van der Waals surface area contributed by atoms with Crippen molar-refractivity contribution >= 4 is 18.2 Å². The first-order valence-corrected chi connectivity index (χ1v) is 12.6. The van der Waals surface area contributed by atoms with Gasteiger partial charge in [0.05, 0.1) is 36.4 Å². The smallest absolute Gasteiger partial charge is 0.341 e. The van der Waals surface area contributed by atoms with Crippen LogP contribution in [0.1, 0.15) is 48.8 Å². The zero-order valence-electron chi connectivity index (χ0n) is 22.2. The number of aryl methyl sites for hydroxylation is 1. The lowest BCUT2D eigenvalue weighted by Crippen LogP contribution is -2.58. The van der Waals surface area contributed by atoms with E-state index in [0.29, 0.717) is 28.9 Å². The van der Waals surface area contributed by atoms with Crippen LogP contribution in [-0.4, -0.2) is 67.2 Å². The Morgan fingerprint density at radius 3 is 2.40 bits per heavy atom. The fraction of sp³-hybridized carbons (Fsp3) is 0.370. The van der Waals surface area contributed by atoms with Crippen molar-refractivity contribution in [2.45, 2.75) is 51.7 Å². The molecule has 1 aromatic carbocycles. The maximum atomic E-state index is 14.6. The summed E-state index contributed by atoms with van der Waals surface area (Å²) >= 11 is 0. The van der Waals surface area contributed by atoms with E-state index in [2.05, 4.69) is 15.2 Å². The Bertz CT molecular complexity index is 1510. The zero-order chi connectivity index (χ0) is 28.9. The number of nitrogens with zero attached hydrogens (tertiary/aromatic N) is 6. The molecule has 210 valence electrons. The highest BCUT2D eigenvalue weighted by Crippen LogP contribution is 2.33. The average molecular weight is 557 g/mol. The lowest BCUT2D eigenvalue weighted by atomic mass is 9.83. The van der Waals surface area contributed by atoms with Gasteiger partial charge >= 0.3 is 12.0 Å². The van der Waals surface area contributed by atoms with Gasteiger partial charge in [0, 0.05) is 36.0 Å². The summed E-state index contributed by atoms with van der Waals surface area (Å²) in [5.74, 6) is -3.05. The van der Waals surface area contributed by atoms with Crippen LogP contribution in [0.4, 0.5) is 18.0 Å². The summed E-state index contributed by atoms with van der Waals surface area (Å²) in [5, 5.41) is 19.4. The predicted molar refractivity (Wildman–Crippen MR) is 137 cm³/mol. The van der Waals surface area contributed by atoms with Gasteiger partial charge in [-0.15, -0.1) is 0 Å². The molecule has 0 bridgehead atoms. The van der Waals surface area contributed by atoms with Crippen LogP contribution in [0.2, 0.25) is 0 Å². The van der Waals surface area contributed by atoms with E-state index in [4.69, 9.17) is 4.74 Å². The van der Waals surface area contributed by atoms with Crippen molar-refractivity contribution in [3.63, 3.8) is 0 Å². The Labute approximate surface area is 227 Å². The number of rotatable bonds is 6. The van der Waals surface area contributed by atoms with E-state index in [1.54, 1.807) is 27.7 Å². The molecular formula is C27H27F3N6O4. The number of aromatic nitrogens is 3. The largest absolute Gasteiger partial charge is 0.483 e. The lowest BCUT2D eigenvalue weighted by Gasteiger charge is -2.41. The quantitative estimate of drug-likeness (QED) is 0.485. The van der Waals surface area contributed by atoms with Crippen LogP contribution in [0.5, 0.6) is 5.75 Å². The first-order valence-electron chi connectivity index (χ1n) is 12.6. The van der Waals surface area contributed by atoms with Crippen molar-refractivity contribution in [2.75, 3.05) is 13.1 Å². The molecule has 10 nitrogen and oxygen atoms in total. The van der Waals surface area contributed by atoms with Crippen LogP contribution in [0.3, 0.4) is 0 Å². The number of hydrogen-bond donors (Lipinski definition) is 1. The van der Waals surface area contributed by atoms with Gasteiger partial charge in [-0.25, -0.2) is 32.6 Å². The molecule has 1 N–H and O–H groups in total. The summed E-state index contributed by atoms with van der Waals surface area (Å²) in [6, 6.07) is 3.36. The molecule has 40 heavy (non-hydrogen) atoms. The van der Waals surface area contributed by atoms with Gasteiger partial charge in [-0.2, -0.15) is 10.2 Å². The van der Waals surface area contributed by atoms with E-state index >= 15 is 0 Å². The number of amides is 2. The van der Waals surface area contributed by atoms with Crippen molar-refractivity contribution < 1.29 is 32.6 Å². The normalized spacial score (nSPS) is 17.3. The molecule has 2 amide bonds.